The number of allylic oxidation sites excluding steroid dienone is 1. The maximum absolute atomic E-state index is 12.9. The van der Waals surface area contributed by atoms with Crippen LogP contribution in [0.2, 0.25) is 0 Å². The molecule has 0 aromatic heterocycles. The van der Waals surface area contributed by atoms with Gasteiger partial charge in [-0.15, -0.1) is 0 Å². The fourth-order valence-electron chi connectivity index (χ4n) is 5.72. The van der Waals surface area contributed by atoms with E-state index in [1.807, 2.05) is 0 Å². The predicted octanol–water partition coefficient (Wildman–Crippen LogP) is -2.14. The van der Waals surface area contributed by atoms with E-state index in [1.54, 1.807) is 13.8 Å². The van der Waals surface area contributed by atoms with Crippen molar-refractivity contribution in [3.63, 3.8) is 0 Å². The molecule has 14 heteroatoms. The Bertz CT molecular complexity index is 930. The van der Waals surface area contributed by atoms with Crippen LogP contribution in [0.4, 0.5) is 0 Å². The molecule has 1 aliphatic carbocycles. The van der Waals surface area contributed by atoms with E-state index in [2.05, 4.69) is 0 Å². The van der Waals surface area contributed by atoms with Crippen molar-refractivity contribution in [3.05, 3.63) is 23.5 Å². The van der Waals surface area contributed by atoms with Crippen molar-refractivity contribution in [3.8, 4) is 0 Å². The van der Waals surface area contributed by atoms with Crippen LogP contribution in [0.1, 0.15) is 26.7 Å². The molecule has 3 aliphatic rings. The smallest absolute Gasteiger partial charge is 0.335 e. The Labute approximate surface area is 231 Å². The lowest BCUT2D eigenvalue weighted by molar-refractivity contribution is -0.327. The molecule has 0 aromatic carbocycles. The number of aliphatic hydroxyl groups is 7. The van der Waals surface area contributed by atoms with Crippen LogP contribution in [0.15, 0.2) is 23.5 Å². The second-order valence-electron chi connectivity index (χ2n) is 10.5. The third-order valence-electron chi connectivity index (χ3n) is 8.28. The summed E-state index contributed by atoms with van der Waals surface area (Å²) in [4.78, 5) is 24.9. The lowest BCUT2D eigenvalue weighted by Gasteiger charge is -2.41. The molecule has 0 bridgehead atoms. The Kier molecular flexibility index (Phi) is 11.5. The molecule has 2 heterocycles. The number of ether oxygens (including phenoxy) is 4. The molecule has 1 saturated carbocycles. The minimum atomic E-state index is -1.73. The number of aliphatic carboxylic acids is 1. The van der Waals surface area contributed by atoms with Gasteiger partial charge < -0.3 is 59.8 Å². The Balaban J connectivity index is 1.72. The summed E-state index contributed by atoms with van der Waals surface area (Å²) in [6.07, 6.45) is -7.61. The Morgan fingerprint density at radius 3 is 2.35 bits per heavy atom. The van der Waals surface area contributed by atoms with Gasteiger partial charge in [0.25, 0.3) is 0 Å². The first-order valence-corrected chi connectivity index (χ1v) is 13.2. The van der Waals surface area contributed by atoms with Gasteiger partial charge in [0.1, 0.15) is 24.4 Å². The second kappa shape index (κ2) is 14.2. The van der Waals surface area contributed by atoms with Crippen LogP contribution < -0.4 is 0 Å². The summed E-state index contributed by atoms with van der Waals surface area (Å²) in [7, 11) is 0. The van der Waals surface area contributed by atoms with Crippen molar-refractivity contribution in [1.82, 2.24) is 0 Å². The highest BCUT2D eigenvalue weighted by atomic mass is 16.8. The van der Waals surface area contributed by atoms with Crippen molar-refractivity contribution < 1.29 is 69.4 Å². The molecule has 8 N–H and O–H groups in total. The molecule has 228 valence electrons. The molecule has 0 unspecified atom stereocenters. The first-order valence-electron chi connectivity index (χ1n) is 13.2. The summed E-state index contributed by atoms with van der Waals surface area (Å²) in [6, 6.07) is 0. The number of hydrogen-bond donors (Lipinski definition) is 8. The van der Waals surface area contributed by atoms with E-state index in [0.717, 1.165) is 6.26 Å². The van der Waals surface area contributed by atoms with Crippen molar-refractivity contribution in [2.45, 2.75) is 69.8 Å². The number of esters is 1. The molecule has 40 heavy (non-hydrogen) atoms. The Morgan fingerprint density at radius 1 is 1.10 bits per heavy atom. The van der Waals surface area contributed by atoms with Crippen LogP contribution in [0.5, 0.6) is 0 Å². The average molecular weight is 577 g/mol. The van der Waals surface area contributed by atoms with Gasteiger partial charge in [-0.25, -0.2) is 4.79 Å². The molecule has 0 aromatic rings. The monoisotopic (exact) mass is 576 g/mol. The van der Waals surface area contributed by atoms with Crippen molar-refractivity contribution in [1.29, 1.82) is 0 Å². The number of hydrogen-bond acceptors (Lipinski definition) is 13. The van der Waals surface area contributed by atoms with Gasteiger partial charge >= 0.3 is 11.9 Å². The van der Waals surface area contributed by atoms with Gasteiger partial charge in [0.05, 0.1) is 37.6 Å². The van der Waals surface area contributed by atoms with E-state index in [1.165, 1.54) is 6.08 Å². The zero-order valence-corrected chi connectivity index (χ0v) is 22.4. The Hall–Kier alpha value is -2.14. The lowest BCUT2D eigenvalue weighted by Crippen LogP contribution is -2.60. The van der Waals surface area contributed by atoms with Crippen LogP contribution in [0.25, 0.3) is 0 Å². The standard InChI is InChI=1S/C26H40O14/c1-3-13-15(5-20(31)37-9-16-11(2)18(30)4-14(16)12(6-27)7-28)17(24(35)36)10-38-25(13)40-26-23(34)22(33)21(32)19(8-29)39-26/h3,10-12,14-16,18-19,21-23,25-30,32-34H,4-9H2,1-2H3,(H,35,36)/b13-3-/t11-,14+,15-,16-,18-,19+,21+,22-,23+,25-,26-/m0/s1. The summed E-state index contributed by atoms with van der Waals surface area (Å²) in [5.41, 5.74) is -0.0705. The molecule has 3 rings (SSSR count). The third-order valence-corrected chi connectivity index (χ3v) is 8.28. The maximum atomic E-state index is 12.9. The quantitative estimate of drug-likeness (QED) is 0.0969. The molecule has 11 atom stereocenters. The summed E-state index contributed by atoms with van der Waals surface area (Å²) in [5.74, 6) is -4.55. The topological polar surface area (TPSA) is 233 Å². The SMILES string of the molecule is C/C=C1\[C@H](O[C@@H]2O[C@H](CO)[C@@H](O)[C@H](O)[C@H]2O)OC=C(C(=O)O)[C@H]1CC(=O)OC[C@H]1[C@H](C)[C@@H](O)C[C@@H]1C(CO)CO. The van der Waals surface area contributed by atoms with Crippen LogP contribution in [-0.4, -0.2) is 122 Å². The molecule has 2 aliphatic heterocycles. The van der Waals surface area contributed by atoms with Crippen LogP contribution in [-0.2, 0) is 28.5 Å². The zero-order valence-electron chi connectivity index (χ0n) is 22.4. The fraction of sp³-hybridized carbons (Fsp3) is 0.769. The van der Waals surface area contributed by atoms with E-state index >= 15 is 0 Å². The van der Waals surface area contributed by atoms with Crippen molar-refractivity contribution in [2.24, 2.45) is 29.6 Å². The fourth-order valence-corrected chi connectivity index (χ4v) is 5.72. The predicted molar refractivity (Wildman–Crippen MR) is 133 cm³/mol. The Morgan fingerprint density at radius 2 is 1.77 bits per heavy atom. The van der Waals surface area contributed by atoms with Gasteiger partial charge in [0.2, 0.25) is 6.29 Å². The molecule has 14 nitrogen and oxygen atoms in total. The van der Waals surface area contributed by atoms with E-state index in [-0.39, 0.29) is 48.7 Å². The molecular weight excluding hydrogens is 536 g/mol. The van der Waals surface area contributed by atoms with E-state index < -0.39 is 79.9 Å². The molecule has 0 amide bonds. The summed E-state index contributed by atoms with van der Waals surface area (Å²) in [5, 5.41) is 79.1. The van der Waals surface area contributed by atoms with Gasteiger partial charge in [0, 0.05) is 36.5 Å². The van der Waals surface area contributed by atoms with Gasteiger partial charge in [-0.05, 0) is 25.2 Å². The number of carboxylic acid groups (broad SMARTS) is 1. The van der Waals surface area contributed by atoms with Crippen LogP contribution in [0.3, 0.4) is 0 Å². The van der Waals surface area contributed by atoms with Gasteiger partial charge in [-0.2, -0.15) is 0 Å². The highest BCUT2D eigenvalue weighted by Gasteiger charge is 2.47. The highest BCUT2D eigenvalue weighted by Crippen LogP contribution is 2.42. The average Bonchev–Trinajstić information content (AvgIpc) is 3.21. The number of carboxylic acids is 1. The lowest BCUT2D eigenvalue weighted by atomic mass is 9.82. The van der Waals surface area contributed by atoms with Crippen LogP contribution in [0, 0.1) is 29.6 Å². The van der Waals surface area contributed by atoms with Crippen molar-refractivity contribution in [2.75, 3.05) is 26.4 Å². The first kappa shape index (κ1) is 32.4. The van der Waals surface area contributed by atoms with Gasteiger partial charge in [-0.3, -0.25) is 4.79 Å². The largest absolute Gasteiger partial charge is 0.478 e. The van der Waals surface area contributed by atoms with E-state index in [0.29, 0.717) is 6.42 Å². The normalized spacial score (nSPS) is 39.2. The van der Waals surface area contributed by atoms with Crippen molar-refractivity contribution >= 4 is 11.9 Å². The highest BCUT2D eigenvalue weighted by molar-refractivity contribution is 5.89. The number of carbonyl (C=O) groups is 2. The second-order valence-corrected chi connectivity index (χ2v) is 10.5. The minimum absolute atomic E-state index is 0.108. The van der Waals surface area contributed by atoms with Gasteiger partial charge in [0.15, 0.2) is 6.29 Å². The van der Waals surface area contributed by atoms with Gasteiger partial charge in [-0.1, -0.05) is 13.0 Å². The van der Waals surface area contributed by atoms with Crippen LogP contribution >= 0.6 is 0 Å². The summed E-state index contributed by atoms with van der Waals surface area (Å²) >= 11 is 0. The molecular formula is C26H40O14. The molecule has 0 spiro atoms. The molecule has 0 radical (unpaired) electrons. The zero-order chi connectivity index (χ0) is 29.7. The number of rotatable bonds is 11. The molecule has 2 fully saturated rings. The van der Waals surface area contributed by atoms with E-state index in [9.17, 15) is 50.4 Å². The first-order chi connectivity index (χ1) is 19.0. The summed E-state index contributed by atoms with van der Waals surface area (Å²) < 4.78 is 21.9. The number of aliphatic hydroxyl groups excluding tert-OH is 7. The third kappa shape index (κ3) is 6.83. The van der Waals surface area contributed by atoms with E-state index in [4.69, 9.17) is 18.9 Å². The maximum Gasteiger partial charge on any atom is 0.335 e. The summed E-state index contributed by atoms with van der Waals surface area (Å²) in [6.45, 7) is 1.97. The number of carbonyl (C=O) groups excluding carboxylic acids is 1. The molecule has 1 saturated heterocycles. The minimum Gasteiger partial charge on any atom is -0.478 e.